The quantitative estimate of drug-likeness (QED) is 0.542. The van der Waals surface area contributed by atoms with Gasteiger partial charge in [0.05, 0.1) is 0 Å². The van der Waals surface area contributed by atoms with Gasteiger partial charge in [-0.15, -0.1) is 0 Å². The van der Waals surface area contributed by atoms with E-state index in [1.165, 1.54) is 12.1 Å². The van der Waals surface area contributed by atoms with Crippen molar-refractivity contribution in [2.75, 3.05) is 0 Å². The molecule has 0 aliphatic rings. The van der Waals surface area contributed by atoms with E-state index in [0.29, 0.717) is 5.56 Å². The SMILES string of the molecule is C[C@H](N)c1ccc(B(O)O)cc1F. The van der Waals surface area contributed by atoms with Crippen LogP contribution in [-0.2, 0) is 0 Å². The summed E-state index contributed by atoms with van der Waals surface area (Å²) < 4.78 is 13.2. The molecule has 1 aromatic rings. The summed E-state index contributed by atoms with van der Waals surface area (Å²) in [4.78, 5) is 0. The molecule has 0 aliphatic carbocycles. The van der Waals surface area contributed by atoms with Gasteiger partial charge in [-0.2, -0.15) is 0 Å². The minimum Gasteiger partial charge on any atom is -0.423 e. The highest BCUT2D eigenvalue weighted by Crippen LogP contribution is 2.12. The van der Waals surface area contributed by atoms with Crippen molar-refractivity contribution in [3.05, 3.63) is 29.6 Å². The number of hydrogen-bond acceptors (Lipinski definition) is 3. The molecule has 0 radical (unpaired) electrons. The molecule has 0 amide bonds. The molecule has 1 aromatic carbocycles. The number of halogens is 1. The van der Waals surface area contributed by atoms with Crippen LogP contribution in [0.5, 0.6) is 0 Å². The fourth-order valence-electron chi connectivity index (χ4n) is 1.07. The lowest BCUT2D eigenvalue weighted by molar-refractivity contribution is 0.425. The summed E-state index contributed by atoms with van der Waals surface area (Å²) in [6.45, 7) is 1.66. The van der Waals surface area contributed by atoms with Gasteiger partial charge >= 0.3 is 7.12 Å². The van der Waals surface area contributed by atoms with Gasteiger partial charge in [0.1, 0.15) is 5.82 Å². The molecule has 0 bridgehead atoms. The van der Waals surface area contributed by atoms with Gasteiger partial charge < -0.3 is 15.8 Å². The summed E-state index contributed by atoms with van der Waals surface area (Å²) in [5, 5.41) is 17.5. The van der Waals surface area contributed by atoms with Crippen molar-refractivity contribution < 1.29 is 14.4 Å². The molecule has 0 saturated carbocycles. The minimum atomic E-state index is -1.64. The predicted molar refractivity (Wildman–Crippen MR) is 48.8 cm³/mol. The third-order valence-corrected chi connectivity index (χ3v) is 1.81. The average Bonchev–Trinajstić information content (AvgIpc) is 2.03. The lowest BCUT2D eigenvalue weighted by Crippen LogP contribution is -2.30. The summed E-state index contributed by atoms with van der Waals surface area (Å²) in [5.41, 5.74) is 5.97. The first-order valence-electron chi connectivity index (χ1n) is 3.93. The van der Waals surface area contributed by atoms with Gasteiger partial charge in [0.15, 0.2) is 0 Å². The first-order chi connectivity index (χ1) is 6.02. The Bertz CT molecular complexity index is 304. The van der Waals surface area contributed by atoms with Crippen LogP contribution >= 0.6 is 0 Å². The van der Waals surface area contributed by atoms with Crippen LogP contribution in [0.15, 0.2) is 18.2 Å². The number of rotatable bonds is 2. The van der Waals surface area contributed by atoms with Crippen LogP contribution in [0, 0.1) is 5.82 Å². The van der Waals surface area contributed by atoms with Gasteiger partial charge in [-0.1, -0.05) is 12.1 Å². The maximum absolute atomic E-state index is 13.2. The Labute approximate surface area is 76.1 Å². The van der Waals surface area contributed by atoms with Crippen molar-refractivity contribution in [1.82, 2.24) is 0 Å². The van der Waals surface area contributed by atoms with Crippen LogP contribution in [0.1, 0.15) is 18.5 Å². The summed E-state index contributed by atoms with van der Waals surface area (Å²) in [6, 6.07) is 3.56. The maximum atomic E-state index is 13.2. The first-order valence-corrected chi connectivity index (χ1v) is 3.93. The summed E-state index contributed by atoms with van der Waals surface area (Å²) in [7, 11) is -1.64. The van der Waals surface area contributed by atoms with Gasteiger partial charge in [-0.3, -0.25) is 0 Å². The second-order valence-corrected chi connectivity index (χ2v) is 2.94. The Balaban J connectivity index is 3.06. The van der Waals surface area contributed by atoms with Crippen molar-refractivity contribution in [3.8, 4) is 0 Å². The molecule has 5 heteroatoms. The summed E-state index contributed by atoms with van der Waals surface area (Å²) in [5.74, 6) is -0.513. The van der Waals surface area contributed by atoms with Crippen LogP contribution in [0.25, 0.3) is 0 Å². The highest BCUT2D eigenvalue weighted by molar-refractivity contribution is 6.58. The first kappa shape index (κ1) is 10.2. The van der Waals surface area contributed by atoms with Crippen LogP contribution < -0.4 is 11.2 Å². The van der Waals surface area contributed by atoms with Crippen LogP contribution in [0.3, 0.4) is 0 Å². The monoisotopic (exact) mass is 183 g/mol. The van der Waals surface area contributed by atoms with E-state index in [2.05, 4.69) is 0 Å². The maximum Gasteiger partial charge on any atom is 0.488 e. The molecule has 4 N–H and O–H groups in total. The molecule has 1 rings (SSSR count). The Morgan fingerprint density at radius 3 is 2.46 bits per heavy atom. The van der Waals surface area contributed by atoms with Crippen molar-refractivity contribution in [2.45, 2.75) is 13.0 Å². The van der Waals surface area contributed by atoms with Crippen LogP contribution in [0.4, 0.5) is 4.39 Å². The molecular formula is C8H11BFNO2. The molecule has 3 nitrogen and oxygen atoms in total. The van der Waals surface area contributed by atoms with E-state index < -0.39 is 19.0 Å². The number of benzene rings is 1. The van der Waals surface area contributed by atoms with Gasteiger partial charge in [0.25, 0.3) is 0 Å². The Morgan fingerprint density at radius 2 is 2.08 bits per heavy atom. The van der Waals surface area contributed by atoms with E-state index in [1.807, 2.05) is 0 Å². The van der Waals surface area contributed by atoms with Crippen LogP contribution in [-0.4, -0.2) is 17.2 Å². The molecule has 0 unspecified atom stereocenters. The zero-order valence-corrected chi connectivity index (χ0v) is 7.24. The van der Waals surface area contributed by atoms with Gasteiger partial charge in [-0.05, 0) is 18.5 Å². The van der Waals surface area contributed by atoms with E-state index in [9.17, 15) is 4.39 Å². The zero-order chi connectivity index (χ0) is 10.0. The fraction of sp³-hybridized carbons (Fsp3) is 0.250. The average molecular weight is 183 g/mol. The number of nitrogens with two attached hydrogens (primary N) is 1. The van der Waals surface area contributed by atoms with Crippen LogP contribution in [0.2, 0.25) is 0 Å². The van der Waals surface area contributed by atoms with E-state index in [1.54, 1.807) is 6.92 Å². The smallest absolute Gasteiger partial charge is 0.423 e. The molecule has 70 valence electrons. The highest BCUT2D eigenvalue weighted by atomic mass is 19.1. The third-order valence-electron chi connectivity index (χ3n) is 1.81. The molecule has 1 atom stereocenters. The fourth-order valence-corrected chi connectivity index (χ4v) is 1.07. The molecule has 0 fully saturated rings. The molecule has 13 heavy (non-hydrogen) atoms. The Morgan fingerprint density at radius 1 is 1.46 bits per heavy atom. The van der Waals surface area contributed by atoms with Gasteiger partial charge in [-0.25, -0.2) is 4.39 Å². The lowest BCUT2D eigenvalue weighted by atomic mass is 9.79. The van der Waals surface area contributed by atoms with E-state index in [4.69, 9.17) is 15.8 Å². The molecule has 0 saturated heterocycles. The molecule has 0 spiro atoms. The molecule has 0 aromatic heterocycles. The van der Waals surface area contributed by atoms with Gasteiger partial charge in [0.2, 0.25) is 0 Å². The standard InChI is InChI=1S/C8H11BFNO2/c1-5(11)7-3-2-6(9(12)13)4-8(7)10/h2-5,12-13H,11H2,1H3/t5-/m0/s1. The lowest BCUT2D eigenvalue weighted by Gasteiger charge is -2.08. The summed E-state index contributed by atoms with van der Waals surface area (Å²) >= 11 is 0. The molecule has 0 heterocycles. The van der Waals surface area contributed by atoms with E-state index in [0.717, 1.165) is 6.07 Å². The third kappa shape index (κ3) is 2.27. The van der Waals surface area contributed by atoms with E-state index >= 15 is 0 Å². The van der Waals surface area contributed by atoms with E-state index in [-0.39, 0.29) is 5.46 Å². The normalized spacial score (nSPS) is 12.7. The van der Waals surface area contributed by atoms with Crippen molar-refractivity contribution in [1.29, 1.82) is 0 Å². The highest BCUT2D eigenvalue weighted by Gasteiger charge is 2.14. The molecular weight excluding hydrogens is 172 g/mol. The largest absolute Gasteiger partial charge is 0.488 e. The van der Waals surface area contributed by atoms with Crippen molar-refractivity contribution in [2.24, 2.45) is 5.73 Å². The van der Waals surface area contributed by atoms with Crippen molar-refractivity contribution in [3.63, 3.8) is 0 Å². The topological polar surface area (TPSA) is 66.5 Å². The second-order valence-electron chi connectivity index (χ2n) is 2.94. The Kier molecular flexibility index (Phi) is 3.03. The minimum absolute atomic E-state index is 0.127. The second kappa shape index (κ2) is 3.87. The zero-order valence-electron chi connectivity index (χ0n) is 7.24. The summed E-state index contributed by atoms with van der Waals surface area (Å²) in [6.07, 6.45) is 0. The molecule has 0 aliphatic heterocycles. The van der Waals surface area contributed by atoms with Crippen molar-refractivity contribution >= 4 is 12.6 Å². The Hall–Kier alpha value is -0.905. The number of hydrogen-bond donors (Lipinski definition) is 3. The predicted octanol–water partition coefficient (Wildman–Crippen LogP) is -0.475. The van der Waals surface area contributed by atoms with Gasteiger partial charge in [0, 0.05) is 11.6 Å².